The second-order valence-electron chi connectivity index (χ2n) is 6.28. The van der Waals surface area contributed by atoms with Crippen LogP contribution in [0.3, 0.4) is 0 Å². The molecule has 0 N–H and O–H groups in total. The van der Waals surface area contributed by atoms with Crippen LogP contribution in [-0.4, -0.2) is 35.7 Å². The molecule has 0 spiro atoms. The van der Waals surface area contributed by atoms with E-state index in [1.54, 1.807) is 24.3 Å². The van der Waals surface area contributed by atoms with Gasteiger partial charge in [-0.2, -0.15) is 10.1 Å². The normalized spacial score (nSPS) is 18.2. The summed E-state index contributed by atoms with van der Waals surface area (Å²) in [6.07, 6.45) is 2.41. The number of fused-ring (bicyclic) bond motifs is 2. The molecule has 2 aliphatic heterocycles. The van der Waals surface area contributed by atoms with Gasteiger partial charge in [0.1, 0.15) is 17.6 Å². The minimum atomic E-state index is -0.425. The molecule has 2 heterocycles. The molecule has 0 fully saturated rings. The number of imide groups is 1. The van der Waals surface area contributed by atoms with Crippen LogP contribution in [0.15, 0.2) is 41.5 Å². The van der Waals surface area contributed by atoms with Crippen LogP contribution in [-0.2, 0) is 6.42 Å². The number of hydrogen-bond acceptors (Lipinski definition) is 5. The van der Waals surface area contributed by atoms with Crippen molar-refractivity contribution in [2.24, 2.45) is 5.10 Å². The molecular weight excluding hydrogens is 332 g/mol. The Kier molecular flexibility index (Phi) is 3.95. The van der Waals surface area contributed by atoms with Gasteiger partial charge in [0.25, 0.3) is 11.8 Å². The van der Waals surface area contributed by atoms with Crippen molar-refractivity contribution >= 4 is 18.0 Å². The summed E-state index contributed by atoms with van der Waals surface area (Å²) in [7, 11) is 0. The number of carbonyl (C=O) groups excluding carboxylic acids is 2. The molecule has 2 aromatic rings. The van der Waals surface area contributed by atoms with Crippen molar-refractivity contribution in [1.82, 2.24) is 5.01 Å². The lowest BCUT2D eigenvalue weighted by atomic mass is 10.1. The van der Waals surface area contributed by atoms with E-state index in [-0.39, 0.29) is 6.10 Å². The third kappa shape index (κ3) is 2.63. The number of rotatable bonds is 4. The van der Waals surface area contributed by atoms with Crippen LogP contribution in [0.1, 0.15) is 45.7 Å². The molecule has 0 saturated heterocycles. The maximum absolute atomic E-state index is 12.4. The molecule has 6 heteroatoms. The van der Waals surface area contributed by atoms with E-state index in [9.17, 15) is 9.59 Å². The van der Waals surface area contributed by atoms with E-state index in [2.05, 4.69) is 5.10 Å². The second-order valence-corrected chi connectivity index (χ2v) is 6.28. The van der Waals surface area contributed by atoms with Crippen LogP contribution in [0.25, 0.3) is 0 Å². The van der Waals surface area contributed by atoms with E-state index in [0.29, 0.717) is 29.0 Å². The van der Waals surface area contributed by atoms with Gasteiger partial charge in [-0.25, -0.2) is 0 Å². The summed E-state index contributed by atoms with van der Waals surface area (Å²) in [5.74, 6) is 0.589. The summed E-state index contributed by atoms with van der Waals surface area (Å²) < 4.78 is 11.5. The first-order valence-electron chi connectivity index (χ1n) is 8.56. The van der Waals surface area contributed by atoms with Gasteiger partial charge in [0.05, 0.1) is 23.9 Å². The van der Waals surface area contributed by atoms with Gasteiger partial charge >= 0.3 is 0 Å². The Balaban J connectivity index is 1.66. The molecule has 2 aromatic carbocycles. The first kappa shape index (κ1) is 16.3. The van der Waals surface area contributed by atoms with E-state index < -0.39 is 11.8 Å². The summed E-state index contributed by atoms with van der Waals surface area (Å²) in [6.45, 7) is 4.41. The molecule has 26 heavy (non-hydrogen) atoms. The molecule has 6 nitrogen and oxygen atoms in total. The van der Waals surface area contributed by atoms with Crippen molar-refractivity contribution in [2.75, 3.05) is 6.61 Å². The predicted octanol–water partition coefficient (Wildman–Crippen LogP) is 3.04. The molecule has 2 amide bonds. The lowest BCUT2D eigenvalue weighted by molar-refractivity contribution is 0.0660. The highest BCUT2D eigenvalue weighted by molar-refractivity contribution is 6.21. The minimum Gasteiger partial charge on any atom is -0.493 e. The predicted molar refractivity (Wildman–Crippen MR) is 95.9 cm³/mol. The third-order valence-electron chi connectivity index (χ3n) is 4.41. The molecular formula is C20H18N2O4. The highest BCUT2D eigenvalue weighted by Crippen LogP contribution is 2.34. The molecule has 4 rings (SSSR count). The van der Waals surface area contributed by atoms with Gasteiger partial charge in [0.15, 0.2) is 0 Å². The first-order valence-corrected chi connectivity index (χ1v) is 8.56. The van der Waals surface area contributed by atoms with Crippen LogP contribution in [0.5, 0.6) is 11.5 Å². The van der Waals surface area contributed by atoms with Crippen LogP contribution < -0.4 is 9.47 Å². The number of nitrogens with zero attached hydrogens (tertiary/aromatic N) is 2. The number of hydrazone groups is 1. The van der Waals surface area contributed by atoms with Gasteiger partial charge in [0, 0.05) is 17.5 Å². The Labute approximate surface area is 151 Å². The number of hydrogen-bond donors (Lipinski definition) is 0. The average Bonchev–Trinajstić information content (AvgIpc) is 3.11. The Morgan fingerprint density at radius 3 is 2.58 bits per heavy atom. The van der Waals surface area contributed by atoms with Gasteiger partial charge in [-0.1, -0.05) is 12.1 Å². The molecule has 1 atom stereocenters. The lowest BCUT2D eigenvalue weighted by Crippen LogP contribution is -2.24. The highest BCUT2D eigenvalue weighted by Gasteiger charge is 2.35. The highest BCUT2D eigenvalue weighted by atomic mass is 16.5. The summed E-state index contributed by atoms with van der Waals surface area (Å²) in [5.41, 5.74) is 2.48. The fourth-order valence-electron chi connectivity index (χ4n) is 3.24. The topological polar surface area (TPSA) is 68.2 Å². The molecule has 0 aromatic heterocycles. The van der Waals surface area contributed by atoms with Gasteiger partial charge in [-0.15, -0.1) is 0 Å². The summed E-state index contributed by atoms with van der Waals surface area (Å²) in [4.78, 5) is 24.8. The van der Waals surface area contributed by atoms with Crippen LogP contribution >= 0.6 is 0 Å². The maximum atomic E-state index is 12.4. The summed E-state index contributed by atoms with van der Waals surface area (Å²) >= 11 is 0. The van der Waals surface area contributed by atoms with E-state index in [1.807, 2.05) is 26.0 Å². The molecule has 0 aliphatic carbocycles. The number of benzene rings is 2. The quantitative estimate of drug-likeness (QED) is 0.628. The summed E-state index contributed by atoms with van der Waals surface area (Å²) in [5, 5.41) is 5.02. The zero-order valence-corrected chi connectivity index (χ0v) is 14.6. The van der Waals surface area contributed by atoms with Crippen LogP contribution in [0, 0.1) is 0 Å². The fraction of sp³-hybridized carbons (Fsp3) is 0.250. The van der Waals surface area contributed by atoms with E-state index >= 15 is 0 Å². The third-order valence-corrected chi connectivity index (χ3v) is 4.41. The van der Waals surface area contributed by atoms with Crippen molar-refractivity contribution in [3.63, 3.8) is 0 Å². The Bertz CT molecular complexity index is 900. The van der Waals surface area contributed by atoms with Crippen molar-refractivity contribution in [1.29, 1.82) is 0 Å². The van der Waals surface area contributed by atoms with Crippen molar-refractivity contribution in [2.45, 2.75) is 26.4 Å². The lowest BCUT2D eigenvalue weighted by Gasteiger charge is -2.11. The van der Waals surface area contributed by atoms with E-state index in [0.717, 1.165) is 22.7 Å². The monoisotopic (exact) mass is 350 g/mol. The molecule has 0 bridgehead atoms. The molecule has 0 unspecified atom stereocenters. The Morgan fingerprint density at radius 1 is 1.23 bits per heavy atom. The van der Waals surface area contributed by atoms with Crippen molar-refractivity contribution < 1.29 is 19.1 Å². The van der Waals surface area contributed by atoms with Crippen molar-refractivity contribution in [3.05, 3.63) is 58.7 Å². The standard InChI is InChI=1S/C20H18N2O4/c1-3-25-17-9-13-8-12(2)26-18(13)10-14(17)11-21-22-19(23)15-6-4-5-7-16(15)20(22)24/h4-7,9-12H,3,8H2,1-2H3/b21-11-/t12-/m1/s1. The zero-order chi connectivity index (χ0) is 18.3. The van der Waals surface area contributed by atoms with E-state index in [4.69, 9.17) is 9.47 Å². The van der Waals surface area contributed by atoms with Crippen LogP contribution in [0.2, 0.25) is 0 Å². The Morgan fingerprint density at radius 2 is 1.92 bits per heavy atom. The second kappa shape index (κ2) is 6.29. The Hall–Kier alpha value is -3.15. The molecule has 132 valence electrons. The smallest absolute Gasteiger partial charge is 0.282 e. The number of ether oxygens (including phenoxy) is 2. The minimum absolute atomic E-state index is 0.114. The van der Waals surface area contributed by atoms with Gasteiger partial charge < -0.3 is 9.47 Å². The fourth-order valence-corrected chi connectivity index (χ4v) is 3.24. The SMILES string of the molecule is CCOc1cc2c(cc1/C=N\N1C(=O)c3ccccc3C1=O)O[C@H](C)C2. The molecule has 0 radical (unpaired) electrons. The van der Waals surface area contributed by atoms with Crippen molar-refractivity contribution in [3.8, 4) is 11.5 Å². The zero-order valence-electron chi connectivity index (χ0n) is 14.6. The van der Waals surface area contributed by atoms with Gasteiger partial charge in [-0.3, -0.25) is 9.59 Å². The van der Waals surface area contributed by atoms with Crippen LogP contribution in [0.4, 0.5) is 0 Å². The number of carbonyl (C=O) groups is 2. The van der Waals surface area contributed by atoms with Gasteiger partial charge in [-0.05, 0) is 38.1 Å². The largest absolute Gasteiger partial charge is 0.493 e. The maximum Gasteiger partial charge on any atom is 0.282 e. The van der Waals surface area contributed by atoms with Gasteiger partial charge in [0.2, 0.25) is 0 Å². The number of amides is 2. The first-order chi connectivity index (χ1) is 12.6. The summed E-state index contributed by atoms with van der Waals surface area (Å²) in [6, 6.07) is 10.5. The molecule has 0 saturated carbocycles. The average molecular weight is 350 g/mol. The van der Waals surface area contributed by atoms with E-state index in [1.165, 1.54) is 6.21 Å². The molecule has 2 aliphatic rings.